The standard InChI is InChI=1S/C28H35N5O2/c1-6-10-32-19-23(18-31-32)22-12-21-13-24(7-8-28(21)30-17-22)33(11-9-29-20(2)3)25-14-26(34-4)16-27(15-25)35-5/h7-8,12-20,29H,6,9-11H2,1-5H3. The van der Waals surface area contributed by atoms with Crippen LogP contribution in [-0.2, 0) is 6.54 Å². The molecule has 0 aliphatic rings. The molecule has 0 unspecified atom stereocenters. The van der Waals surface area contributed by atoms with Crippen LogP contribution < -0.4 is 19.7 Å². The molecular formula is C28H35N5O2. The first-order chi connectivity index (χ1) is 17.0. The van der Waals surface area contributed by atoms with Gasteiger partial charge in [-0.2, -0.15) is 5.10 Å². The summed E-state index contributed by atoms with van der Waals surface area (Å²) in [6.45, 7) is 9.01. The van der Waals surface area contributed by atoms with Gasteiger partial charge in [-0.3, -0.25) is 9.67 Å². The highest BCUT2D eigenvalue weighted by atomic mass is 16.5. The molecule has 2 aromatic carbocycles. The van der Waals surface area contributed by atoms with Crippen LogP contribution in [0, 0.1) is 0 Å². The summed E-state index contributed by atoms with van der Waals surface area (Å²) in [6, 6.07) is 15.0. The Labute approximate surface area is 207 Å². The molecule has 7 nitrogen and oxygen atoms in total. The molecule has 0 fully saturated rings. The molecule has 4 aromatic rings. The van der Waals surface area contributed by atoms with Gasteiger partial charge in [0.25, 0.3) is 0 Å². The molecule has 1 N–H and O–H groups in total. The number of hydrogen-bond donors (Lipinski definition) is 1. The quantitative estimate of drug-likeness (QED) is 0.303. The molecule has 0 saturated heterocycles. The first-order valence-corrected chi connectivity index (χ1v) is 12.2. The van der Waals surface area contributed by atoms with Crippen LogP contribution in [0.2, 0.25) is 0 Å². The third-order valence-electron chi connectivity index (χ3n) is 5.93. The summed E-state index contributed by atoms with van der Waals surface area (Å²) in [7, 11) is 3.35. The van der Waals surface area contributed by atoms with Gasteiger partial charge in [-0.15, -0.1) is 0 Å². The third kappa shape index (κ3) is 5.92. The smallest absolute Gasteiger partial charge is 0.124 e. The van der Waals surface area contributed by atoms with Crippen molar-refractivity contribution >= 4 is 22.3 Å². The number of hydrogen-bond acceptors (Lipinski definition) is 6. The average molecular weight is 474 g/mol. The monoisotopic (exact) mass is 473 g/mol. The molecule has 0 bridgehead atoms. The van der Waals surface area contributed by atoms with E-state index in [1.54, 1.807) is 14.2 Å². The fourth-order valence-electron chi connectivity index (χ4n) is 4.13. The van der Waals surface area contributed by atoms with Gasteiger partial charge >= 0.3 is 0 Å². The minimum atomic E-state index is 0.411. The van der Waals surface area contributed by atoms with Gasteiger partial charge in [-0.1, -0.05) is 20.8 Å². The Hall–Kier alpha value is -3.58. The second-order valence-corrected chi connectivity index (χ2v) is 8.92. The van der Waals surface area contributed by atoms with E-state index in [0.717, 1.165) is 71.0 Å². The van der Waals surface area contributed by atoms with Crippen LogP contribution in [0.5, 0.6) is 11.5 Å². The Morgan fingerprint density at radius 3 is 2.40 bits per heavy atom. The van der Waals surface area contributed by atoms with Crippen LogP contribution in [0.25, 0.3) is 22.0 Å². The lowest BCUT2D eigenvalue weighted by molar-refractivity contribution is 0.394. The first kappa shape index (κ1) is 24.5. The van der Waals surface area contributed by atoms with E-state index in [0.29, 0.717) is 6.04 Å². The highest BCUT2D eigenvalue weighted by Gasteiger charge is 2.14. The predicted octanol–water partition coefficient (Wildman–Crippen LogP) is 5.66. The number of nitrogens with one attached hydrogen (secondary N) is 1. The van der Waals surface area contributed by atoms with Gasteiger partial charge in [-0.05, 0) is 30.7 Å². The molecule has 7 heteroatoms. The van der Waals surface area contributed by atoms with Crippen molar-refractivity contribution in [3.63, 3.8) is 0 Å². The molecule has 2 aromatic heterocycles. The Morgan fingerprint density at radius 1 is 0.943 bits per heavy atom. The van der Waals surface area contributed by atoms with Gasteiger partial charge in [0.2, 0.25) is 0 Å². The second-order valence-electron chi connectivity index (χ2n) is 8.92. The molecule has 4 rings (SSSR count). The number of pyridine rings is 1. The number of ether oxygens (including phenoxy) is 2. The molecular weight excluding hydrogens is 438 g/mol. The zero-order valence-electron chi connectivity index (χ0n) is 21.3. The Balaban J connectivity index is 1.73. The van der Waals surface area contributed by atoms with E-state index in [4.69, 9.17) is 14.5 Å². The van der Waals surface area contributed by atoms with E-state index < -0.39 is 0 Å². The van der Waals surface area contributed by atoms with E-state index in [9.17, 15) is 0 Å². The summed E-state index contributed by atoms with van der Waals surface area (Å²) in [6.07, 6.45) is 6.97. The summed E-state index contributed by atoms with van der Waals surface area (Å²) in [5.74, 6) is 1.52. The maximum atomic E-state index is 5.54. The van der Waals surface area contributed by atoms with Crippen molar-refractivity contribution in [2.75, 3.05) is 32.2 Å². The Kier molecular flexibility index (Phi) is 7.87. The molecule has 0 aliphatic carbocycles. The summed E-state index contributed by atoms with van der Waals surface area (Å²) in [5, 5.41) is 9.09. The zero-order valence-corrected chi connectivity index (χ0v) is 21.3. The van der Waals surface area contributed by atoms with Crippen molar-refractivity contribution in [2.45, 2.75) is 39.8 Å². The van der Waals surface area contributed by atoms with Gasteiger partial charge < -0.3 is 19.7 Å². The number of anilines is 2. The van der Waals surface area contributed by atoms with Crippen molar-refractivity contribution in [2.24, 2.45) is 0 Å². The van der Waals surface area contributed by atoms with Gasteiger partial charge in [0.1, 0.15) is 11.5 Å². The number of aryl methyl sites for hydroxylation is 1. The molecule has 0 saturated carbocycles. The largest absolute Gasteiger partial charge is 0.497 e. The van der Waals surface area contributed by atoms with Crippen LogP contribution in [0.15, 0.2) is 61.1 Å². The molecule has 0 atom stereocenters. The molecule has 0 spiro atoms. The van der Waals surface area contributed by atoms with Crippen molar-refractivity contribution in [3.8, 4) is 22.6 Å². The van der Waals surface area contributed by atoms with Crippen LogP contribution in [0.4, 0.5) is 11.4 Å². The van der Waals surface area contributed by atoms with E-state index in [1.165, 1.54) is 0 Å². The van der Waals surface area contributed by atoms with Crippen molar-refractivity contribution < 1.29 is 9.47 Å². The topological polar surface area (TPSA) is 64.4 Å². The van der Waals surface area contributed by atoms with E-state index >= 15 is 0 Å². The van der Waals surface area contributed by atoms with E-state index in [1.807, 2.05) is 35.3 Å². The lowest BCUT2D eigenvalue weighted by atomic mass is 10.1. The fourth-order valence-corrected chi connectivity index (χ4v) is 4.13. The van der Waals surface area contributed by atoms with Crippen molar-refractivity contribution in [3.05, 3.63) is 61.1 Å². The molecule has 2 heterocycles. The maximum Gasteiger partial charge on any atom is 0.124 e. The van der Waals surface area contributed by atoms with Gasteiger partial charge in [0, 0.05) is 84.2 Å². The maximum absolute atomic E-state index is 5.54. The summed E-state index contributed by atoms with van der Waals surface area (Å²) in [5.41, 5.74) is 5.19. The van der Waals surface area contributed by atoms with Gasteiger partial charge in [0.15, 0.2) is 0 Å². The first-order valence-electron chi connectivity index (χ1n) is 12.2. The molecule has 0 radical (unpaired) electrons. The molecule has 0 aliphatic heterocycles. The molecule has 35 heavy (non-hydrogen) atoms. The van der Waals surface area contributed by atoms with E-state index in [-0.39, 0.29) is 0 Å². The summed E-state index contributed by atoms with van der Waals surface area (Å²) >= 11 is 0. The third-order valence-corrected chi connectivity index (χ3v) is 5.93. The number of fused-ring (bicyclic) bond motifs is 1. The van der Waals surface area contributed by atoms with Crippen molar-refractivity contribution in [1.82, 2.24) is 20.1 Å². The zero-order chi connectivity index (χ0) is 24.8. The van der Waals surface area contributed by atoms with Gasteiger partial charge in [-0.25, -0.2) is 0 Å². The van der Waals surface area contributed by atoms with E-state index in [2.05, 4.69) is 66.5 Å². The summed E-state index contributed by atoms with van der Waals surface area (Å²) in [4.78, 5) is 7.00. The Bertz CT molecular complexity index is 1250. The van der Waals surface area contributed by atoms with Crippen LogP contribution >= 0.6 is 0 Å². The van der Waals surface area contributed by atoms with Gasteiger partial charge in [0.05, 0.1) is 25.9 Å². The highest BCUT2D eigenvalue weighted by Crippen LogP contribution is 2.34. The fraction of sp³-hybridized carbons (Fsp3) is 0.357. The Morgan fingerprint density at radius 2 is 1.71 bits per heavy atom. The van der Waals surface area contributed by atoms with Crippen LogP contribution in [0.1, 0.15) is 27.2 Å². The number of aromatic nitrogens is 3. The summed E-state index contributed by atoms with van der Waals surface area (Å²) < 4.78 is 13.1. The number of benzene rings is 2. The van der Waals surface area contributed by atoms with Crippen LogP contribution in [-0.4, -0.2) is 48.1 Å². The lowest BCUT2D eigenvalue weighted by Crippen LogP contribution is -2.32. The highest BCUT2D eigenvalue weighted by molar-refractivity contribution is 5.87. The average Bonchev–Trinajstić information content (AvgIpc) is 3.34. The predicted molar refractivity (Wildman–Crippen MR) is 143 cm³/mol. The lowest BCUT2D eigenvalue weighted by Gasteiger charge is -2.27. The number of rotatable bonds is 11. The molecule has 0 amide bonds. The van der Waals surface area contributed by atoms with Crippen molar-refractivity contribution in [1.29, 1.82) is 0 Å². The normalized spacial score (nSPS) is 11.3. The number of methoxy groups -OCH3 is 2. The SMILES string of the molecule is CCCn1cc(-c2cnc3ccc(N(CCNC(C)C)c4cc(OC)cc(OC)c4)cc3c2)cn1. The van der Waals surface area contributed by atoms with Crippen LogP contribution in [0.3, 0.4) is 0 Å². The molecule has 184 valence electrons. The minimum Gasteiger partial charge on any atom is -0.497 e. The second kappa shape index (κ2) is 11.2. The number of nitrogens with zero attached hydrogens (tertiary/aromatic N) is 4. The minimum absolute atomic E-state index is 0.411.